The van der Waals surface area contributed by atoms with E-state index < -0.39 is 6.04 Å². The minimum Gasteiger partial charge on any atom is -0.454 e. The summed E-state index contributed by atoms with van der Waals surface area (Å²) in [6, 6.07) is 30.0. The predicted molar refractivity (Wildman–Crippen MR) is 143 cm³/mol. The lowest BCUT2D eigenvalue weighted by atomic mass is 9.83. The highest BCUT2D eigenvalue weighted by Gasteiger charge is 2.47. The van der Waals surface area contributed by atoms with Crippen molar-refractivity contribution < 1.29 is 14.0 Å². The summed E-state index contributed by atoms with van der Waals surface area (Å²) in [6.07, 6.45) is 3.51. The maximum Gasteiger partial charge on any atom is 0.333 e. The van der Waals surface area contributed by atoms with Crippen LogP contribution in [0, 0.1) is 5.92 Å². The number of para-hydroxylation sites is 1. The van der Waals surface area contributed by atoms with Gasteiger partial charge in [-0.25, -0.2) is 4.79 Å². The van der Waals surface area contributed by atoms with Crippen LogP contribution in [0.3, 0.4) is 0 Å². The Bertz CT molecular complexity index is 1070. The van der Waals surface area contributed by atoms with Crippen LogP contribution in [0.4, 0.5) is 5.69 Å². The highest BCUT2D eigenvalue weighted by atomic mass is 32.2. The number of ether oxygens (including phenoxy) is 1. The van der Waals surface area contributed by atoms with Gasteiger partial charge in [0, 0.05) is 41.5 Å². The van der Waals surface area contributed by atoms with Gasteiger partial charge in [-0.2, -0.15) is 0 Å². The van der Waals surface area contributed by atoms with Crippen molar-refractivity contribution in [1.29, 1.82) is 0 Å². The zero-order valence-corrected chi connectivity index (χ0v) is 21.0. The number of fused-ring (bicyclic) bond motifs is 3. The van der Waals surface area contributed by atoms with Gasteiger partial charge in [0.25, 0.3) is 0 Å². The monoisotopic (exact) mass is 487 g/mol. The highest BCUT2D eigenvalue weighted by molar-refractivity contribution is 7.99. The molecular formula is C30H35N2O2S+. The van der Waals surface area contributed by atoms with Crippen LogP contribution in [0.2, 0.25) is 0 Å². The van der Waals surface area contributed by atoms with Gasteiger partial charge >= 0.3 is 5.97 Å². The number of nitrogens with one attached hydrogen (secondary N) is 1. The van der Waals surface area contributed by atoms with Crippen LogP contribution in [0.1, 0.15) is 30.9 Å². The Kier molecular flexibility index (Phi) is 7.75. The van der Waals surface area contributed by atoms with E-state index >= 15 is 0 Å². The second kappa shape index (κ2) is 11.3. The van der Waals surface area contributed by atoms with Gasteiger partial charge in [-0.05, 0) is 29.8 Å². The number of hydrogen-bond acceptors (Lipinski definition) is 4. The fraction of sp³-hybridized carbons (Fsp3) is 0.367. The number of thioether (sulfide) groups is 1. The molecule has 3 fully saturated rings. The van der Waals surface area contributed by atoms with Gasteiger partial charge in [-0.3, -0.25) is 0 Å². The van der Waals surface area contributed by atoms with E-state index in [1.807, 2.05) is 72.4 Å². The number of quaternary nitrogens is 1. The quantitative estimate of drug-likeness (QED) is 0.161. The summed E-state index contributed by atoms with van der Waals surface area (Å²) in [5.41, 5.74) is 1.86. The van der Waals surface area contributed by atoms with Crippen molar-refractivity contribution in [1.82, 2.24) is 0 Å². The van der Waals surface area contributed by atoms with E-state index in [0.717, 1.165) is 40.9 Å². The number of carbonyl (C=O) groups is 1. The molecule has 182 valence electrons. The van der Waals surface area contributed by atoms with Gasteiger partial charge in [0.15, 0.2) is 12.1 Å². The van der Waals surface area contributed by atoms with Crippen LogP contribution in [0.15, 0.2) is 95.9 Å². The lowest BCUT2D eigenvalue weighted by molar-refractivity contribution is -0.946. The second-order valence-electron chi connectivity index (χ2n) is 9.88. The molecule has 35 heavy (non-hydrogen) atoms. The Hall–Kier alpha value is -2.76. The molecule has 0 saturated carbocycles. The highest BCUT2D eigenvalue weighted by Crippen LogP contribution is 2.37. The molecule has 3 aromatic rings. The van der Waals surface area contributed by atoms with Crippen LogP contribution in [-0.2, 0) is 9.53 Å². The molecular weight excluding hydrogens is 452 g/mol. The smallest absolute Gasteiger partial charge is 0.333 e. The normalized spacial score (nSPS) is 24.0. The summed E-state index contributed by atoms with van der Waals surface area (Å²) in [6.45, 7) is 4.57. The SMILES string of the molecule is O=C(O[C@H]1C[N+]2(CCCSc3ccccc3)CCC1CC2)C(Nc1ccccc1)c1ccccc1. The van der Waals surface area contributed by atoms with E-state index in [1.165, 1.54) is 31.0 Å². The van der Waals surface area contributed by atoms with Gasteiger partial charge in [0.2, 0.25) is 0 Å². The molecule has 0 aromatic heterocycles. The summed E-state index contributed by atoms with van der Waals surface area (Å²) < 4.78 is 7.40. The number of hydrogen-bond donors (Lipinski definition) is 1. The first kappa shape index (κ1) is 24.0. The fourth-order valence-corrected chi connectivity index (χ4v) is 6.48. The van der Waals surface area contributed by atoms with E-state index in [4.69, 9.17) is 4.74 Å². The van der Waals surface area contributed by atoms with Crippen LogP contribution in [0.5, 0.6) is 0 Å². The molecule has 0 spiro atoms. The number of benzene rings is 3. The molecule has 3 aliphatic heterocycles. The number of anilines is 1. The van der Waals surface area contributed by atoms with E-state index in [0.29, 0.717) is 5.92 Å². The Morgan fingerprint density at radius 3 is 2.23 bits per heavy atom. The minimum atomic E-state index is -0.509. The van der Waals surface area contributed by atoms with Gasteiger partial charge in [0.05, 0.1) is 19.6 Å². The third kappa shape index (κ3) is 6.09. The fourth-order valence-electron chi connectivity index (χ4n) is 5.62. The van der Waals surface area contributed by atoms with E-state index in [9.17, 15) is 4.79 Å². The van der Waals surface area contributed by atoms with E-state index in [1.54, 1.807) is 0 Å². The summed E-state index contributed by atoms with van der Waals surface area (Å²) in [5, 5.41) is 3.41. The Balaban J connectivity index is 1.21. The summed E-state index contributed by atoms with van der Waals surface area (Å²) in [5.74, 6) is 1.46. The van der Waals surface area contributed by atoms with Gasteiger partial charge in [-0.15, -0.1) is 11.8 Å². The van der Waals surface area contributed by atoms with Crippen molar-refractivity contribution in [2.75, 3.05) is 37.2 Å². The number of piperidine rings is 3. The van der Waals surface area contributed by atoms with Crippen molar-refractivity contribution in [2.45, 2.75) is 36.3 Å². The molecule has 6 rings (SSSR count). The summed E-state index contributed by atoms with van der Waals surface area (Å²) >= 11 is 1.94. The first-order valence-electron chi connectivity index (χ1n) is 12.8. The molecule has 2 atom stereocenters. The zero-order valence-electron chi connectivity index (χ0n) is 20.2. The molecule has 0 amide bonds. The van der Waals surface area contributed by atoms with Crippen molar-refractivity contribution in [3.63, 3.8) is 0 Å². The van der Waals surface area contributed by atoms with Crippen molar-refractivity contribution in [2.24, 2.45) is 5.92 Å². The second-order valence-corrected chi connectivity index (χ2v) is 11.0. The summed E-state index contributed by atoms with van der Waals surface area (Å²) in [7, 11) is 0. The van der Waals surface area contributed by atoms with Crippen LogP contribution < -0.4 is 5.32 Å². The third-order valence-electron chi connectivity index (χ3n) is 7.55. The van der Waals surface area contributed by atoms with Crippen molar-refractivity contribution >= 4 is 23.4 Å². The Morgan fingerprint density at radius 2 is 1.54 bits per heavy atom. The molecule has 4 nitrogen and oxygen atoms in total. The molecule has 0 aliphatic carbocycles. The Labute approximate surface area is 213 Å². The zero-order chi connectivity index (χ0) is 23.9. The van der Waals surface area contributed by atoms with Crippen LogP contribution in [0.25, 0.3) is 0 Å². The van der Waals surface area contributed by atoms with Crippen molar-refractivity contribution in [3.8, 4) is 0 Å². The first-order valence-corrected chi connectivity index (χ1v) is 13.8. The summed E-state index contributed by atoms with van der Waals surface area (Å²) in [4.78, 5) is 14.9. The maximum atomic E-state index is 13.5. The average molecular weight is 488 g/mol. The molecule has 3 heterocycles. The molecule has 3 saturated heterocycles. The molecule has 1 unspecified atom stereocenters. The molecule has 2 bridgehead atoms. The number of rotatable bonds is 10. The average Bonchev–Trinajstić information content (AvgIpc) is 2.92. The topological polar surface area (TPSA) is 38.3 Å². The standard InChI is InChI=1S/C30H35N2O2S/c33-30(29(25-11-4-1-5-12-25)31-26-13-6-2-7-14-26)34-28-23-32(20-17-24(28)18-21-32)19-10-22-35-27-15-8-3-9-16-27/h1-9,11-16,24,28-29,31H,10,17-23H2/q+1/t24?,28-,29?,32?/m0/s1. The molecule has 3 aliphatic rings. The third-order valence-corrected chi connectivity index (χ3v) is 8.65. The van der Waals surface area contributed by atoms with Gasteiger partial charge in [-0.1, -0.05) is 66.7 Å². The predicted octanol–water partition coefficient (Wildman–Crippen LogP) is 6.17. The lowest BCUT2D eigenvalue weighted by Gasteiger charge is -2.52. The van der Waals surface area contributed by atoms with Gasteiger partial charge < -0.3 is 14.5 Å². The molecule has 0 radical (unpaired) electrons. The van der Waals surface area contributed by atoms with E-state index in [-0.39, 0.29) is 12.1 Å². The van der Waals surface area contributed by atoms with Gasteiger partial charge in [0.1, 0.15) is 6.54 Å². The first-order chi connectivity index (χ1) is 17.2. The minimum absolute atomic E-state index is 0.00978. The molecule has 5 heteroatoms. The van der Waals surface area contributed by atoms with Crippen LogP contribution >= 0.6 is 11.8 Å². The van der Waals surface area contributed by atoms with Crippen molar-refractivity contribution in [3.05, 3.63) is 96.6 Å². The molecule has 3 aromatic carbocycles. The number of esters is 1. The van der Waals surface area contributed by atoms with E-state index in [2.05, 4.69) is 35.6 Å². The largest absolute Gasteiger partial charge is 0.454 e. The number of nitrogens with zero attached hydrogens (tertiary/aromatic N) is 1. The lowest BCUT2D eigenvalue weighted by Crippen LogP contribution is -2.64. The maximum absolute atomic E-state index is 13.5. The number of carbonyl (C=O) groups excluding carboxylic acids is 1. The van der Waals surface area contributed by atoms with Crippen LogP contribution in [-0.4, -0.2) is 48.5 Å². The molecule has 1 N–H and O–H groups in total. The Morgan fingerprint density at radius 1 is 0.914 bits per heavy atom.